The van der Waals surface area contributed by atoms with Crippen molar-refractivity contribution in [2.24, 2.45) is 5.73 Å². The minimum Gasteiger partial charge on any atom is -0.482 e. The van der Waals surface area contributed by atoms with Gasteiger partial charge in [0.2, 0.25) is 5.91 Å². The van der Waals surface area contributed by atoms with E-state index in [1.165, 1.54) is 0 Å². The summed E-state index contributed by atoms with van der Waals surface area (Å²) < 4.78 is 5.30. The molecule has 3 rings (SSSR count). The summed E-state index contributed by atoms with van der Waals surface area (Å²) in [7, 11) is 0. The number of nitrogens with one attached hydrogen (secondary N) is 2. The average molecular weight is 310 g/mol. The number of ether oxygens (including phenoxy) is 1. The van der Waals surface area contributed by atoms with Crippen LogP contribution >= 0.6 is 11.6 Å². The monoisotopic (exact) mass is 309 g/mol. The van der Waals surface area contributed by atoms with E-state index < -0.39 is 0 Å². The van der Waals surface area contributed by atoms with E-state index in [4.69, 9.17) is 22.1 Å². The maximum Gasteiger partial charge on any atom is 0.262 e. The van der Waals surface area contributed by atoms with Crippen LogP contribution in [0.3, 0.4) is 0 Å². The first-order valence-electron chi connectivity index (χ1n) is 6.80. The summed E-state index contributed by atoms with van der Waals surface area (Å²) in [6, 6.07) is 3.17. The van der Waals surface area contributed by atoms with Gasteiger partial charge in [0.1, 0.15) is 5.75 Å². The van der Waals surface area contributed by atoms with Crippen molar-refractivity contribution in [1.82, 2.24) is 0 Å². The van der Waals surface area contributed by atoms with Gasteiger partial charge in [0, 0.05) is 18.0 Å². The molecule has 0 saturated heterocycles. The van der Waals surface area contributed by atoms with Gasteiger partial charge in [-0.1, -0.05) is 11.6 Å². The smallest absolute Gasteiger partial charge is 0.262 e. The van der Waals surface area contributed by atoms with E-state index in [0.29, 0.717) is 22.1 Å². The molecule has 1 aliphatic carbocycles. The lowest BCUT2D eigenvalue weighted by atomic mass is 9.75. The number of carbonyl (C=O) groups excluding carboxylic acids is 2. The Labute approximate surface area is 127 Å². The highest BCUT2D eigenvalue weighted by Gasteiger charge is 2.34. The van der Waals surface area contributed by atoms with E-state index in [-0.39, 0.29) is 30.4 Å². The highest BCUT2D eigenvalue weighted by atomic mass is 35.5. The number of rotatable bonds is 3. The first-order chi connectivity index (χ1) is 9.95. The lowest BCUT2D eigenvalue weighted by Crippen LogP contribution is -2.48. The van der Waals surface area contributed by atoms with Crippen LogP contribution in [0.25, 0.3) is 0 Å². The molecule has 4 N–H and O–H groups in total. The highest BCUT2D eigenvalue weighted by Crippen LogP contribution is 2.37. The molecule has 2 amide bonds. The van der Waals surface area contributed by atoms with Crippen LogP contribution in [0.4, 0.5) is 11.4 Å². The number of carbonyl (C=O) groups is 2. The summed E-state index contributed by atoms with van der Waals surface area (Å²) in [5.74, 6) is 0.0877. The van der Waals surface area contributed by atoms with Gasteiger partial charge in [0.15, 0.2) is 6.61 Å². The molecular formula is C14H16ClN3O3. The molecule has 0 bridgehead atoms. The molecule has 21 heavy (non-hydrogen) atoms. The second-order valence-electron chi connectivity index (χ2n) is 5.61. The van der Waals surface area contributed by atoms with E-state index >= 15 is 0 Å². The van der Waals surface area contributed by atoms with Crippen LogP contribution in [0, 0.1) is 0 Å². The molecule has 2 aliphatic rings. The summed E-state index contributed by atoms with van der Waals surface area (Å²) in [6.45, 7) is -0.0477. The van der Waals surface area contributed by atoms with Crippen molar-refractivity contribution in [3.05, 3.63) is 17.2 Å². The maximum atomic E-state index is 12.0. The van der Waals surface area contributed by atoms with Crippen LogP contribution in [0.15, 0.2) is 12.1 Å². The summed E-state index contributed by atoms with van der Waals surface area (Å²) in [6.07, 6.45) is 3.08. The number of hydrogen-bond acceptors (Lipinski definition) is 4. The van der Waals surface area contributed by atoms with Crippen molar-refractivity contribution in [2.45, 2.75) is 31.2 Å². The minimum absolute atomic E-state index is 0.0477. The van der Waals surface area contributed by atoms with Crippen LogP contribution in [0.2, 0.25) is 5.02 Å². The van der Waals surface area contributed by atoms with E-state index in [2.05, 4.69) is 10.6 Å². The van der Waals surface area contributed by atoms with Crippen molar-refractivity contribution < 1.29 is 14.3 Å². The average Bonchev–Trinajstić information content (AvgIpc) is 2.38. The Balaban J connectivity index is 1.73. The zero-order valence-corrected chi connectivity index (χ0v) is 12.1. The van der Waals surface area contributed by atoms with Crippen LogP contribution in [-0.4, -0.2) is 24.0 Å². The second kappa shape index (κ2) is 5.20. The van der Waals surface area contributed by atoms with Crippen molar-refractivity contribution >= 4 is 34.8 Å². The third kappa shape index (κ3) is 2.96. The number of anilines is 2. The van der Waals surface area contributed by atoms with Gasteiger partial charge in [0.25, 0.3) is 5.91 Å². The molecule has 1 aromatic carbocycles. The predicted octanol–water partition coefficient (Wildman–Crippen LogP) is 1.88. The molecule has 1 fully saturated rings. The first kappa shape index (κ1) is 14.2. The Morgan fingerprint density at radius 1 is 1.48 bits per heavy atom. The van der Waals surface area contributed by atoms with Gasteiger partial charge in [-0.3, -0.25) is 9.59 Å². The van der Waals surface area contributed by atoms with E-state index in [1.54, 1.807) is 12.1 Å². The number of hydrogen-bond donors (Lipinski definition) is 3. The molecule has 0 unspecified atom stereocenters. The van der Waals surface area contributed by atoms with Crippen molar-refractivity contribution in [1.29, 1.82) is 0 Å². The number of nitrogens with two attached hydrogens (primary N) is 1. The number of benzene rings is 1. The quantitative estimate of drug-likeness (QED) is 0.794. The third-order valence-electron chi connectivity index (χ3n) is 3.84. The van der Waals surface area contributed by atoms with Gasteiger partial charge in [-0.25, -0.2) is 0 Å². The Morgan fingerprint density at radius 2 is 2.24 bits per heavy atom. The Bertz CT molecular complexity index is 614. The molecule has 112 valence electrons. The molecule has 0 atom stereocenters. The summed E-state index contributed by atoms with van der Waals surface area (Å²) in [5.41, 5.74) is 6.64. The summed E-state index contributed by atoms with van der Waals surface area (Å²) >= 11 is 6.12. The van der Waals surface area contributed by atoms with Gasteiger partial charge < -0.3 is 21.1 Å². The third-order valence-corrected chi connectivity index (χ3v) is 4.15. The first-order valence-corrected chi connectivity index (χ1v) is 7.18. The lowest BCUT2D eigenvalue weighted by molar-refractivity contribution is -0.119. The molecule has 0 spiro atoms. The predicted molar refractivity (Wildman–Crippen MR) is 79.6 cm³/mol. The molecule has 7 heteroatoms. The van der Waals surface area contributed by atoms with E-state index in [1.807, 2.05) is 0 Å². The Morgan fingerprint density at radius 3 is 2.90 bits per heavy atom. The molecule has 1 saturated carbocycles. The molecular weight excluding hydrogens is 294 g/mol. The highest BCUT2D eigenvalue weighted by molar-refractivity contribution is 6.34. The van der Waals surface area contributed by atoms with Gasteiger partial charge in [-0.05, 0) is 25.3 Å². The van der Waals surface area contributed by atoms with E-state index in [0.717, 1.165) is 19.3 Å². The molecule has 6 nitrogen and oxygen atoms in total. The second-order valence-corrected chi connectivity index (χ2v) is 6.01. The zero-order chi connectivity index (χ0) is 15.0. The van der Waals surface area contributed by atoms with Crippen LogP contribution in [0.1, 0.15) is 25.7 Å². The lowest BCUT2D eigenvalue weighted by Gasteiger charge is -2.37. The fourth-order valence-corrected chi connectivity index (χ4v) is 2.73. The van der Waals surface area contributed by atoms with Crippen LogP contribution < -0.4 is 21.1 Å². The number of fused-ring (bicyclic) bond motifs is 1. The largest absolute Gasteiger partial charge is 0.482 e. The van der Waals surface area contributed by atoms with Gasteiger partial charge in [-0.15, -0.1) is 0 Å². The SMILES string of the molecule is NC1(CC(=O)Nc2cc3c(cc2Cl)NC(=O)CO3)CCC1. The number of halogens is 1. The van der Waals surface area contributed by atoms with Gasteiger partial charge in [0.05, 0.1) is 16.4 Å². The molecule has 0 radical (unpaired) electrons. The Hall–Kier alpha value is -1.79. The van der Waals surface area contributed by atoms with Crippen molar-refractivity contribution in [2.75, 3.05) is 17.2 Å². The van der Waals surface area contributed by atoms with Crippen molar-refractivity contribution in [3.8, 4) is 5.75 Å². The molecule has 1 aromatic rings. The molecule has 1 heterocycles. The van der Waals surface area contributed by atoms with Gasteiger partial charge in [-0.2, -0.15) is 0 Å². The normalized spacial score (nSPS) is 18.9. The fraction of sp³-hybridized carbons (Fsp3) is 0.429. The van der Waals surface area contributed by atoms with Crippen molar-refractivity contribution in [3.63, 3.8) is 0 Å². The van der Waals surface area contributed by atoms with E-state index in [9.17, 15) is 9.59 Å². The molecule has 1 aliphatic heterocycles. The topological polar surface area (TPSA) is 93.5 Å². The molecule has 0 aromatic heterocycles. The number of amides is 2. The fourth-order valence-electron chi connectivity index (χ4n) is 2.52. The Kier molecular flexibility index (Phi) is 3.51. The minimum atomic E-state index is -0.380. The summed E-state index contributed by atoms with van der Waals surface area (Å²) in [4.78, 5) is 23.3. The standard InChI is InChI=1S/C14H16ClN3O3/c15-8-4-10-11(21-7-13(20)18-10)5-9(8)17-12(19)6-14(16)2-1-3-14/h4-5H,1-3,6-7,16H2,(H,17,19)(H,18,20). The zero-order valence-electron chi connectivity index (χ0n) is 11.4. The van der Waals surface area contributed by atoms with Crippen LogP contribution in [-0.2, 0) is 9.59 Å². The maximum absolute atomic E-state index is 12.0. The van der Waals surface area contributed by atoms with Crippen LogP contribution in [0.5, 0.6) is 5.75 Å². The van der Waals surface area contributed by atoms with Gasteiger partial charge >= 0.3 is 0 Å². The summed E-state index contributed by atoms with van der Waals surface area (Å²) in [5, 5.41) is 5.75.